The summed E-state index contributed by atoms with van der Waals surface area (Å²) in [5, 5.41) is 9.39. The van der Waals surface area contributed by atoms with Crippen molar-refractivity contribution >= 4 is 11.9 Å². The van der Waals surface area contributed by atoms with Gasteiger partial charge in [0.1, 0.15) is 0 Å². The molecule has 5 heteroatoms. The number of nitrogens with zero attached hydrogens (tertiary/aromatic N) is 3. The van der Waals surface area contributed by atoms with Crippen LogP contribution in [-0.4, -0.2) is 21.1 Å². The summed E-state index contributed by atoms with van der Waals surface area (Å²) in [5.41, 5.74) is 0. The average molecular weight is 150 g/mol. The fourth-order valence-electron chi connectivity index (χ4n) is 0.466. The van der Waals surface area contributed by atoms with Crippen molar-refractivity contribution in [2.45, 2.75) is 0 Å². The Morgan fingerprint density at radius 1 is 1.64 bits per heavy atom. The Kier molecular flexibility index (Phi) is 2.27. The van der Waals surface area contributed by atoms with E-state index in [1.165, 1.54) is 12.4 Å². The highest BCUT2D eigenvalue weighted by molar-refractivity contribution is 5.97. The maximum Gasteiger partial charge on any atom is 0.250 e. The van der Waals surface area contributed by atoms with E-state index in [-0.39, 0.29) is 11.9 Å². The Balaban J connectivity index is 2.65. The SMILES string of the molecule is C=CC(=O)Nc1nccnn1. The Morgan fingerprint density at radius 2 is 2.45 bits per heavy atom. The van der Waals surface area contributed by atoms with Crippen molar-refractivity contribution in [3.8, 4) is 0 Å². The molecule has 1 N–H and O–H groups in total. The Hall–Kier alpha value is -1.78. The minimum absolute atomic E-state index is 0.178. The number of nitrogens with one attached hydrogen (secondary N) is 1. The molecule has 1 rings (SSSR count). The lowest BCUT2D eigenvalue weighted by molar-refractivity contribution is -0.111. The third kappa shape index (κ3) is 2.13. The van der Waals surface area contributed by atoms with Crippen molar-refractivity contribution in [1.29, 1.82) is 0 Å². The van der Waals surface area contributed by atoms with Crippen molar-refractivity contribution < 1.29 is 4.79 Å². The first-order valence-electron chi connectivity index (χ1n) is 2.90. The lowest BCUT2D eigenvalue weighted by atomic mass is 10.6. The largest absolute Gasteiger partial charge is 0.290 e. The van der Waals surface area contributed by atoms with E-state index >= 15 is 0 Å². The van der Waals surface area contributed by atoms with Crippen LogP contribution in [0.5, 0.6) is 0 Å². The third-order valence-electron chi connectivity index (χ3n) is 0.903. The molecule has 0 unspecified atom stereocenters. The van der Waals surface area contributed by atoms with Crippen molar-refractivity contribution in [3.05, 3.63) is 25.0 Å². The van der Waals surface area contributed by atoms with Crippen LogP contribution >= 0.6 is 0 Å². The van der Waals surface area contributed by atoms with Crippen LogP contribution in [0.3, 0.4) is 0 Å². The molecular weight excluding hydrogens is 144 g/mol. The maximum absolute atomic E-state index is 10.6. The standard InChI is InChI=1S/C6H6N4O/c1-2-5(11)9-6-7-3-4-8-10-6/h2-4H,1H2,(H,7,9,10,11). The Labute approximate surface area is 63.2 Å². The molecule has 1 amide bonds. The van der Waals surface area contributed by atoms with Crippen LogP contribution < -0.4 is 5.32 Å². The van der Waals surface area contributed by atoms with Crippen LogP contribution in [-0.2, 0) is 4.79 Å². The highest BCUT2D eigenvalue weighted by Crippen LogP contribution is 1.90. The number of carbonyl (C=O) groups excluding carboxylic acids is 1. The third-order valence-corrected chi connectivity index (χ3v) is 0.903. The molecule has 0 fully saturated rings. The van der Waals surface area contributed by atoms with Gasteiger partial charge in [-0.15, -0.1) is 5.10 Å². The molecule has 0 atom stereocenters. The smallest absolute Gasteiger partial charge is 0.250 e. The van der Waals surface area contributed by atoms with Crippen LogP contribution in [0.25, 0.3) is 0 Å². The van der Waals surface area contributed by atoms with E-state index in [4.69, 9.17) is 0 Å². The molecule has 1 aromatic rings. The topological polar surface area (TPSA) is 67.8 Å². The summed E-state index contributed by atoms with van der Waals surface area (Å²) < 4.78 is 0. The van der Waals surface area contributed by atoms with Gasteiger partial charge in [0, 0.05) is 0 Å². The van der Waals surface area contributed by atoms with Gasteiger partial charge in [-0.25, -0.2) is 4.98 Å². The van der Waals surface area contributed by atoms with Gasteiger partial charge in [0.2, 0.25) is 11.9 Å². The van der Waals surface area contributed by atoms with Crippen LogP contribution in [0.4, 0.5) is 5.95 Å². The second kappa shape index (κ2) is 3.40. The van der Waals surface area contributed by atoms with Crippen molar-refractivity contribution in [2.75, 3.05) is 5.32 Å². The van der Waals surface area contributed by atoms with Gasteiger partial charge in [-0.1, -0.05) is 6.58 Å². The first-order valence-corrected chi connectivity index (χ1v) is 2.90. The molecule has 0 aliphatic heterocycles. The Bertz CT molecular complexity index is 259. The van der Waals surface area contributed by atoms with Crippen molar-refractivity contribution in [1.82, 2.24) is 15.2 Å². The summed E-state index contributed by atoms with van der Waals surface area (Å²) in [6.07, 6.45) is 3.99. The van der Waals surface area contributed by atoms with Crippen molar-refractivity contribution in [3.63, 3.8) is 0 Å². The summed E-state index contributed by atoms with van der Waals surface area (Å²) in [6, 6.07) is 0. The van der Waals surface area contributed by atoms with E-state index < -0.39 is 0 Å². The lowest BCUT2D eigenvalue weighted by Gasteiger charge is -1.95. The summed E-state index contributed by atoms with van der Waals surface area (Å²) in [4.78, 5) is 14.4. The van der Waals surface area contributed by atoms with E-state index in [2.05, 4.69) is 27.1 Å². The molecule has 11 heavy (non-hydrogen) atoms. The van der Waals surface area contributed by atoms with Gasteiger partial charge < -0.3 is 0 Å². The van der Waals surface area contributed by atoms with Crippen molar-refractivity contribution in [2.24, 2.45) is 0 Å². The monoisotopic (exact) mass is 150 g/mol. The molecule has 1 aromatic heterocycles. The molecule has 0 aliphatic rings. The van der Waals surface area contributed by atoms with E-state index in [9.17, 15) is 4.79 Å². The van der Waals surface area contributed by atoms with E-state index in [0.29, 0.717) is 0 Å². The van der Waals surface area contributed by atoms with Gasteiger partial charge in [0.25, 0.3) is 0 Å². The summed E-state index contributed by atoms with van der Waals surface area (Å²) >= 11 is 0. The predicted molar refractivity (Wildman–Crippen MR) is 38.7 cm³/mol. The quantitative estimate of drug-likeness (QED) is 0.602. The van der Waals surface area contributed by atoms with Gasteiger partial charge in [-0.3, -0.25) is 10.1 Å². The molecule has 0 radical (unpaired) electrons. The Morgan fingerprint density at radius 3 is 3.00 bits per heavy atom. The van der Waals surface area contributed by atoms with Gasteiger partial charge in [-0.05, 0) is 6.08 Å². The second-order valence-electron chi connectivity index (χ2n) is 1.66. The molecular formula is C6H6N4O. The zero-order chi connectivity index (χ0) is 8.10. The van der Waals surface area contributed by atoms with Gasteiger partial charge >= 0.3 is 0 Å². The van der Waals surface area contributed by atoms with E-state index in [1.54, 1.807) is 0 Å². The minimum Gasteiger partial charge on any atom is -0.290 e. The summed E-state index contributed by atoms with van der Waals surface area (Å²) in [7, 11) is 0. The highest BCUT2D eigenvalue weighted by Gasteiger charge is 1.96. The number of aromatic nitrogens is 3. The normalized spacial score (nSPS) is 8.73. The van der Waals surface area contributed by atoms with Crippen LogP contribution in [0.1, 0.15) is 0 Å². The zero-order valence-electron chi connectivity index (χ0n) is 5.69. The fourth-order valence-corrected chi connectivity index (χ4v) is 0.466. The van der Waals surface area contributed by atoms with E-state index in [1.807, 2.05) is 0 Å². The fraction of sp³-hybridized carbons (Fsp3) is 0. The second-order valence-corrected chi connectivity index (χ2v) is 1.66. The number of carbonyl (C=O) groups is 1. The maximum atomic E-state index is 10.6. The lowest BCUT2D eigenvalue weighted by Crippen LogP contribution is -2.10. The first kappa shape index (κ1) is 7.33. The number of anilines is 1. The van der Waals surface area contributed by atoms with Gasteiger partial charge in [0.15, 0.2) is 0 Å². The first-order chi connectivity index (χ1) is 5.33. The van der Waals surface area contributed by atoms with Crippen LogP contribution in [0.15, 0.2) is 25.0 Å². The van der Waals surface area contributed by atoms with E-state index in [0.717, 1.165) is 6.08 Å². The average Bonchev–Trinajstić information content (AvgIpc) is 2.06. The summed E-state index contributed by atoms with van der Waals surface area (Å²) in [5.74, 6) is -0.171. The van der Waals surface area contributed by atoms with Crippen LogP contribution in [0.2, 0.25) is 0 Å². The van der Waals surface area contributed by atoms with Gasteiger partial charge in [-0.2, -0.15) is 5.10 Å². The number of hydrogen-bond acceptors (Lipinski definition) is 4. The molecule has 0 bridgehead atoms. The van der Waals surface area contributed by atoms with Gasteiger partial charge in [0.05, 0.1) is 12.4 Å². The molecule has 0 aliphatic carbocycles. The number of hydrogen-bond donors (Lipinski definition) is 1. The molecule has 1 heterocycles. The molecule has 0 saturated heterocycles. The molecule has 0 saturated carbocycles. The van der Waals surface area contributed by atoms with Crippen LogP contribution in [0, 0.1) is 0 Å². The highest BCUT2D eigenvalue weighted by atomic mass is 16.1. The molecule has 56 valence electrons. The zero-order valence-corrected chi connectivity index (χ0v) is 5.69. The number of amides is 1. The minimum atomic E-state index is -0.349. The molecule has 0 aromatic carbocycles. The predicted octanol–water partition coefficient (Wildman–Crippen LogP) is -0.00390. The number of rotatable bonds is 2. The molecule has 5 nitrogen and oxygen atoms in total. The molecule has 0 spiro atoms. The summed E-state index contributed by atoms with van der Waals surface area (Å²) in [6.45, 7) is 3.27.